The Hall–Kier alpha value is -3.03. The van der Waals surface area contributed by atoms with Crippen molar-refractivity contribution in [1.82, 2.24) is 9.80 Å². The van der Waals surface area contributed by atoms with Crippen LogP contribution in [0.4, 0.5) is 0 Å². The van der Waals surface area contributed by atoms with E-state index in [0.29, 0.717) is 23.2 Å². The highest BCUT2D eigenvalue weighted by atomic mass is 16.5. The number of Topliss-reactive ketones (excluding diaryl/α,β-unsaturated/α-hetero) is 1. The molecule has 0 spiro atoms. The van der Waals surface area contributed by atoms with E-state index in [2.05, 4.69) is 15.9 Å². The van der Waals surface area contributed by atoms with E-state index in [4.69, 9.17) is 9.47 Å². The number of carbonyl (C=O) groups excluding carboxylic acids is 3. The van der Waals surface area contributed by atoms with Gasteiger partial charge in [-0.15, -0.1) is 0 Å². The van der Waals surface area contributed by atoms with Gasteiger partial charge in [0.05, 0.1) is 17.7 Å². The van der Waals surface area contributed by atoms with Crippen molar-refractivity contribution in [3.8, 4) is 0 Å². The highest BCUT2D eigenvalue weighted by molar-refractivity contribution is 6.02. The molecule has 3 aliphatic rings. The first-order chi connectivity index (χ1) is 16.4. The molecule has 0 aromatic heterocycles. The van der Waals surface area contributed by atoms with Crippen LogP contribution in [0.1, 0.15) is 60.3 Å². The number of cyclic esters (lactones) is 2. The summed E-state index contributed by atoms with van der Waals surface area (Å²) in [5, 5.41) is 0. The molecule has 5 rings (SSSR count). The van der Waals surface area contributed by atoms with Crippen molar-refractivity contribution < 1.29 is 23.9 Å². The topological polar surface area (TPSA) is 76.2 Å². The van der Waals surface area contributed by atoms with Gasteiger partial charge in [0.2, 0.25) is 0 Å². The quantitative estimate of drug-likeness (QED) is 0.483. The van der Waals surface area contributed by atoms with Crippen LogP contribution >= 0.6 is 0 Å². The lowest BCUT2D eigenvalue weighted by Gasteiger charge is -2.34. The van der Waals surface area contributed by atoms with Crippen molar-refractivity contribution in [2.24, 2.45) is 0 Å². The number of ether oxygens (including phenoxy) is 2. The summed E-state index contributed by atoms with van der Waals surface area (Å²) in [5.74, 6) is -0.432. The van der Waals surface area contributed by atoms with Gasteiger partial charge >= 0.3 is 11.9 Å². The predicted octanol–water partition coefficient (Wildman–Crippen LogP) is 2.81. The largest absolute Gasteiger partial charge is 0.459 e. The summed E-state index contributed by atoms with van der Waals surface area (Å²) in [4.78, 5) is 41.4. The van der Waals surface area contributed by atoms with Crippen molar-refractivity contribution in [2.45, 2.75) is 39.4 Å². The zero-order valence-corrected chi connectivity index (χ0v) is 19.8. The number of esters is 2. The molecule has 34 heavy (non-hydrogen) atoms. The minimum absolute atomic E-state index is 0.0672. The molecule has 0 unspecified atom stereocenters. The Kier molecular flexibility index (Phi) is 6.23. The number of nitrogens with zero attached hydrogens (tertiary/aromatic N) is 2. The molecule has 178 valence electrons. The molecule has 7 heteroatoms. The molecule has 2 aromatic rings. The van der Waals surface area contributed by atoms with Crippen molar-refractivity contribution >= 4 is 17.7 Å². The van der Waals surface area contributed by atoms with Gasteiger partial charge in [-0.25, -0.2) is 9.59 Å². The number of fused-ring (bicyclic) bond motifs is 2. The average Bonchev–Trinajstić information content (AvgIpc) is 3.20. The highest BCUT2D eigenvalue weighted by Gasteiger charge is 2.27. The number of piperazine rings is 1. The fourth-order valence-electron chi connectivity index (χ4n) is 5.17. The first-order valence-corrected chi connectivity index (χ1v) is 12.0. The molecule has 1 fully saturated rings. The lowest BCUT2D eigenvalue weighted by molar-refractivity contribution is 0.0301. The van der Waals surface area contributed by atoms with Crippen LogP contribution in [-0.2, 0) is 28.9 Å². The van der Waals surface area contributed by atoms with Gasteiger partial charge in [-0.1, -0.05) is 18.2 Å². The number of carbonyl (C=O) groups is 3. The minimum Gasteiger partial charge on any atom is -0.459 e. The number of ketones is 1. The number of rotatable bonds is 6. The van der Waals surface area contributed by atoms with Crippen molar-refractivity contribution in [3.05, 3.63) is 69.3 Å². The van der Waals surface area contributed by atoms with E-state index in [-0.39, 0.29) is 30.4 Å². The molecule has 0 radical (unpaired) electrons. The summed E-state index contributed by atoms with van der Waals surface area (Å²) in [6, 6.07) is 9.55. The zero-order chi connectivity index (χ0) is 23.8. The molecular weight excluding hydrogens is 432 g/mol. The summed E-state index contributed by atoms with van der Waals surface area (Å²) in [5.41, 5.74) is 5.99. The Labute approximate surface area is 199 Å². The minimum atomic E-state index is -0.305. The van der Waals surface area contributed by atoms with E-state index in [1.54, 1.807) is 12.1 Å². The van der Waals surface area contributed by atoms with Crippen LogP contribution in [0.5, 0.6) is 0 Å². The second-order valence-electron chi connectivity index (χ2n) is 9.54. The third kappa shape index (κ3) is 4.50. The second kappa shape index (κ2) is 9.31. The van der Waals surface area contributed by atoms with Crippen LogP contribution < -0.4 is 0 Å². The van der Waals surface area contributed by atoms with Crippen molar-refractivity contribution in [1.29, 1.82) is 0 Å². The SMILES string of the molecule is Cc1c(C(=O)CN2CCN(CCc3ccc4c(c3)C[C@@H](C)OC4=O)CC2)ccc2c1COC2=O. The molecule has 1 saturated heterocycles. The van der Waals surface area contributed by atoms with Gasteiger partial charge < -0.3 is 14.4 Å². The van der Waals surface area contributed by atoms with Crippen LogP contribution in [0, 0.1) is 6.92 Å². The molecule has 2 aromatic carbocycles. The van der Waals surface area contributed by atoms with Crippen molar-refractivity contribution in [2.75, 3.05) is 39.3 Å². The van der Waals surface area contributed by atoms with E-state index >= 15 is 0 Å². The van der Waals surface area contributed by atoms with Gasteiger partial charge in [-0.2, -0.15) is 0 Å². The monoisotopic (exact) mass is 462 g/mol. The Morgan fingerprint density at radius 2 is 1.74 bits per heavy atom. The van der Waals surface area contributed by atoms with Gasteiger partial charge in [0.15, 0.2) is 5.78 Å². The maximum absolute atomic E-state index is 13.0. The predicted molar refractivity (Wildman–Crippen MR) is 126 cm³/mol. The smallest absolute Gasteiger partial charge is 0.338 e. The summed E-state index contributed by atoms with van der Waals surface area (Å²) in [7, 11) is 0. The fourth-order valence-corrected chi connectivity index (χ4v) is 5.17. The molecule has 3 aliphatic heterocycles. The van der Waals surface area contributed by atoms with Crippen LogP contribution in [0.3, 0.4) is 0 Å². The van der Waals surface area contributed by atoms with Crippen LogP contribution in [-0.4, -0.2) is 72.9 Å². The van der Waals surface area contributed by atoms with Gasteiger partial charge in [-0.05, 0) is 49.1 Å². The second-order valence-corrected chi connectivity index (χ2v) is 9.54. The lowest BCUT2D eigenvalue weighted by atomic mass is 9.95. The normalized spacial score (nSPS) is 20.5. The van der Waals surface area contributed by atoms with Crippen molar-refractivity contribution in [3.63, 3.8) is 0 Å². The fraction of sp³-hybridized carbons (Fsp3) is 0.444. The van der Waals surface area contributed by atoms with E-state index in [1.165, 1.54) is 5.56 Å². The molecule has 7 nitrogen and oxygen atoms in total. The van der Waals surface area contributed by atoms with Crippen LogP contribution in [0.25, 0.3) is 0 Å². The third-order valence-corrected chi connectivity index (χ3v) is 7.22. The Morgan fingerprint density at radius 3 is 2.53 bits per heavy atom. The third-order valence-electron chi connectivity index (χ3n) is 7.22. The molecule has 0 N–H and O–H groups in total. The molecule has 3 heterocycles. The van der Waals surface area contributed by atoms with E-state index in [9.17, 15) is 14.4 Å². The van der Waals surface area contributed by atoms with Crippen LogP contribution in [0.2, 0.25) is 0 Å². The maximum atomic E-state index is 13.0. The van der Waals surface area contributed by atoms with E-state index in [0.717, 1.165) is 62.3 Å². The number of hydrogen-bond acceptors (Lipinski definition) is 7. The Morgan fingerprint density at radius 1 is 1.00 bits per heavy atom. The zero-order valence-electron chi connectivity index (χ0n) is 19.8. The first-order valence-electron chi connectivity index (χ1n) is 12.0. The van der Waals surface area contributed by atoms with Gasteiger partial charge in [-0.3, -0.25) is 9.69 Å². The summed E-state index contributed by atoms with van der Waals surface area (Å²) in [6.45, 7) is 8.98. The molecule has 1 atom stereocenters. The Balaban J connectivity index is 1.12. The number of hydrogen-bond donors (Lipinski definition) is 0. The lowest BCUT2D eigenvalue weighted by Crippen LogP contribution is -2.48. The van der Waals surface area contributed by atoms with E-state index in [1.807, 2.05) is 26.0 Å². The summed E-state index contributed by atoms with van der Waals surface area (Å²) in [6.07, 6.45) is 1.64. The van der Waals surface area contributed by atoms with E-state index < -0.39 is 0 Å². The standard InChI is InChI=1S/C27H30N2O5/c1-17-13-20-14-19(3-4-22(20)27(32)34-17)7-8-28-9-11-29(12-10-28)15-25(30)21-5-6-23-24(18(21)2)16-33-26(23)31/h3-6,14,17H,7-13,15-16H2,1-2H3/t17-/m1/s1. The molecular formula is C27H30N2O5. The Bertz CT molecular complexity index is 1150. The highest BCUT2D eigenvalue weighted by Crippen LogP contribution is 2.26. The van der Waals surface area contributed by atoms with Crippen LogP contribution in [0.15, 0.2) is 30.3 Å². The summed E-state index contributed by atoms with van der Waals surface area (Å²) < 4.78 is 10.4. The number of benzene rings is 2. The molecule has 0 bridgehead atoms. The van der Waals surface area contributed by atoms with Gasteiger partial charge in [0, 0.05) is 50.3 Å². The first kappa shape index (κ1) is 22.7. The maximum Gasteiger partial charge on any atom is 0.338 e. The molecule has 0 aliphatic carbocycles. The van der Waals surface area contributed by atoms with Gasteiger partial charge in [0.25, 0.3) is 0 Å². The molecule has 0 saturated carbocycles. The molecule has 0 amide bonds. The average molecular weight is 463 g/mol. The summed E-state index contributed by atoms with van der Waals surface area (Å²) >= 11 is 0. The van der Waals surface area contributed by atoms with Gasteiger partial charge in [0.1, 0.15) is 12.7 Å².